The lowest BCUT2D eigenvalue weighted by Crippen LogP contribution is -2.09. The average molecular weight is 609 g/mol. The molecule has 14 nitrogen and oxygen atoms in total. The van der Waals surface area contributed by atoms with Gasteiger partial charge < -0.3 is 30.1 Å². The Bertz CT molecular complexity index is 1990. The standard InChI is InChI=1S/C16H16N6O2.C13H9ClN6/c1-23-6-7-24-16-20-14(18)13-15(21-16)22(10-19-13)9-12-4-2-11(8-17)3-5-12;14-13-18-11(16)10-12(19-13)20(7-17-10)6-9-3-1-8(5-15)2-4-9/h2-5,10H,6-7,9H2,1H3,(H2,18,20,21);1-4,7H,6H2,(H2,16,18,19). The van der Waals surface area contributed by atoms with Gasteiger partial charge in [-0.25, -0.2) is 9.97 Å². The number of rotatable bonds is 8. The topological polar surface area (TPSA) is 205 Å². The third-order valence-electron chi connectivity index (χ3n) is 6.32. The Labute approximate surface area is 256 Å². The van der Waals surface area contributed by atoms with Crippen LogP contribution >= 0.6 is 11.6 Å². The summed E-state index contributed by atoms with van der Waals surface area (Å²) < 4.78 is 14.1. The zero-order valence-corrected chi connectivity index (χ0v) is 24.2. The smallest absolute Gasteiger partial charge is 0.320 e. The van der Waals surface area contributed by atoms with E-state index in [0.717, 1.165) is 11.1 Å². The summed E-state index contributed by atoms with van der Waals surface area (Å²) in [7, 11) is 1.59. The van der Waals surface area contributed by atoms with E-state index in [-0.39, 0.29) is 22.9 Å². The molecule has 0 aliphatic rings. The summed E-state index contributed by atoms with van der Waals surface area (Å²) in [4.78, 5) is 24.9. The molecule has 0 spiro atoms. The van der Waals surface area contributed by atoms with E-state index in [2.05, 4.69) is 42.0 Å². The largest absolute Gasteiger partial charge is 0.461 e. The van der Waals surface area contributed by atoms with Crippen molar-refractivity contribution in [3.63, 3.8) is 0 Å². The maximum Gasteiger partial charge on any atom is 0.320 e. The monoisotopic (exact) mass is 608 g/mol. The van der Waals surface area contributed by atoms with E-state index >= 15 is 0 Å². The minimum atomic E-state index is 0.0941. The van der Waals surface area contributed by atoms with Gasteiger partial charge in [-0.1, -0.05) is 24.3 Å². The molecular weight excluding hydrogens is 584 g/mol. The lowest BCUT2D eigenvalue weighted by atomic mass is 10.1. The van der Waals surface area contributed by atoms with Crippen LogP contribution in [0, 0.1) is 22.7 Å². The van der Waals surface area contributed by atoms with Crippen molar-refractivity contribution >= 4 is 45.6 Å². The maximum atomic E-state index is 8.86. The third-order valence-corrected chi connectivity index (χ3v) is 6.49. The molecule has 44 heavy (non-hydrogen) atoms. The molecule has 0 amide bonds. The minimum absolute atomic E-state index is 0.0941. The molecule has 0 atom stereocenters. The number of nitrogen functional groups attached to an aromatic ring is 2. The van der Waals surface area contributed by atoms with Crippen LogP contribution in [0.5, 0.6) is 6.01 Å². The highest BCUT2D eigenvalue weighted by molar-refractivity contribution is 6.28. The molecule has 0 saturated heterocycles. The number of methoxy groups -OCH3 is 1. The van der Waals surface area contributed by atoms with E-state index in [1.165, 1.54) is 0 Å². The molecule has 220 valence electrons. The molecular formula is C29H25ClN12O2. The first-order valence-corrected chi connectivity index (χ1v) is 13.5. The molecule has 0 saturated carbocycles. The molecule has 0 aliphatic carbocycles. The predicted molar refractivity (Wildman–Crippen MR) is 162 cm³/mol. The van der Waals surface area contributed by atoms with Gasteiger partial charge in [0.15, 0.2) is 28.4 Å². The van der Waals surface area contributed by atoms with E-state index in [9.17, 15) is 0 Å². The van der Waals surface area contributed by atoms with Gasteiger partial charge in [0, 0.05) is 7.11 Å². The van der Waals surface area contributed by atoms with Gasteiger partial charge >= 0.3 is 6.01 Å². The van der Waals surface area contributed by atoms with Crippen LogP contribution in [0.4, 0.5) is 11.6 Å². The number of fused-ring (bicyclic) bond motifs is 2. The van der Waals surface area contributed by atoms with Crippen molar-refractivity contribution in [2.24, 2.45) is 0 Å². The van der Waals surface area contributed by atoms with Gasteiger partial charge in [0.05, 0.1) is 55.6 Å². The molecule has 0 bridgehead atoms. The highest BCUT2D eigenvalue weighted by atomic mass is 35.5. The number of hydrogen-bond acceptors (Lipinski definition) is 12. The quantitative estimate of drug-likeness (QED) is 0.188. The predicted octanol–water partition coefficient (Wildman–Crippen LogP) is 3.34. The molecule has 6 rings (SSSR count). The minimum Gasteiger partial charge on any atom is -0.461 e. The van der Waals surface area contributed by atoms with E-state index in [4.69, 9.17) is 43.1 Å². The van der Waals surface area contributed by atoms with Gasteiger partial charge in [-0.3, -0.25) is 0 Å². The molecule has 2 aromatic carbocycles. The summed E-state index contributed by atoms with van der Waals surface area (Å²) in [6.45, 7) is 1.89. The molecule has 6 aromatic rings. The van der Waals surface area contributed by atoms with Crippen LogP contribution in [0.25, 0.3) is 22.3 Å². The Morgan fingerprint density at radius 2 is 1.23 bits per heavy atom. The third kappa shape index (κ3) is 6.79. The van der Waals surface area contributed by atoms with Gasteiger partial charge in [-0.15, -0.1) is 0 Å². The number of imidazole rings is 2. The SMILES string of the molecule is COCCOc1nc(N)c2ncn(Cc3ccc(C#N)cc3)c2n1.N#Cc1ccc(Cn2cnc3c(N)nc(Cl)nc32)cc1. The molecule has 4 aromatic heterocycles. The molecule has 0 fully saturated rings. The fourth-order valence-electron chi connectivity index (χ4n) is 4.16. The van der Waals surface area contributed by atoms with Crippen molar-refractivity contribution in [1.82, 2.24) is 39.0 Å². The number of anilines is 2. The zero-order chi connectivity index (χ0) is 31.1. The summed E-state index contributed by atoms with van der Waals surface area (Å²) in [6.07, 6.45) is 3.30. The van der Waals surface area contributed by atoms with Gasteiger partial charge in [-0.2, -0.15) is 30.5 Å². The van der Waals surface area contributed by atoms with Gasteiger partial charge in [0.1, 0.15) is 12.1 Å². The van der Waals surface area contributed by atoms with Gasteiger partial charge in [-0.05, 0) is 47.0 Å². The van der Waals surface area contributed by atoms with E-state index in [1.807, 2.05) is 33.4 Å². The summed E-state index contributed by atoms with van der Waals surface area (Å²) in [6, 6.07) is 19.0. The lowest BCUT2D eigenvalue weighted by molar-refractivity contribution is 0.141. The average Bonchev–Trinajstić information content (AvgIpc) is 3.63. The number of hydrogen-bond donors (Lipinski definition) is 2. The number of nitriles is 2. The molecule has 4 N–H and O–H groups in total. The normalized spacial score (nSPS) is 10.6. The van der Waals surface area contributed by atoms with Crippen molar-refractivity contribution in [3.05, 3.63) is 88.7 Å². The summed E-state index contributed by atoms with van der Waals surface area (Å²) in [5.41, 5.74) is 17.2. The Hall–Kier alpha value is -5.83. The van der Waals surface area contributed by atoms with E-state index in [0.29, 0.717) is 59.8 Å². The molecule has 0 radical (unpaired) electrons. The van der Waals surface area contributed by atoms with Crippen molar-refractivity contribution in [1.29, 1.82) is 10.5 Å². The van der Waals surface area contributed by atoms with Crippen molar-refractivity contribution in [3.8, 4) is 18.1 Å². The lowest BCUT2D eigenvalue weighted by Gasteiger charge is -2.07. The van der Waals surface area contributed by atoms with Crippen LogP contribution in [0.15, 0.2) is 61.2 Å². The molecule has 0 unspecified atom stereocenters. The highest BCUT2D eigenvalue weighted by Crippen LogP contribution is 2.21. The zero-order valence-electron chi connectivity index (χ0n) is 23.4. The Morgan fingerprint density at radius 1 is 0.727 bits per heavy atom. The van der Waals surface area contributed by atoms with Crippen molar-refractivity contribution in [2.75, 3.05) is 31.8 Å². The van der Waals surface area contributed by atoms with Crippen LogP contribution in [0.2, 0.25) is 5.28 Å². The number of nitrogens with zero attached hydrogens (tertiary/aromatic N) is 10. The molecule has 15 heteroatoms. The van der Waals surface area contributed by atoms with Crippen molar-refractivity contribution < 1.29 is 9.47 Å². The van der Waals surface area contributed by atoms with E-state index < -0.39 is 0 Å². The Kier molecular flexibility index (Phi) is 9.05. The van der Waals surface area contributed by atoms with Crippen LogP contribution in [-0.4, -0.2) is 59.4 Å². The Morgan fingerprint density at radius 3 is 1.73 bits per heavy atom. The van der Waals surface area contributed by atoms with Gasteiger partial charge in [0.25, 0.3) is 0 Å². The maximum absolute atomic E-state index is 8.86. The van der Waals surface area contributed by atoms with Crippen molar-refractivity contribution in [2.45, 2.75) is 13.1 Å². The fraction of sp³-hybridized carbons (Fsp3) is 0.172. The van der Waals surface area contributed by atoms with Crippen LogP contribution < -0.4 is 16.2 Å². The van der Waals surface area contributed by atoms with Crippen LogP contribution in [0.3, 0.4) is 0 Å². The number of ether oxygens (including phenoxy) is 2. The second-order valence-electron chi connectivity index (χ2n) is 9.32. The second-order valence-corrected chi connectivity index (χ2v) is 9.66. The first kappa shape index (κ1) is 29.7. The fourth-order valence-corrected chi connectivity index (χ4v) is 4.33. The molecule has 0 aliphatic heterocycles. The first-order chi connectivity index (χ1) is 21.4. The first-order valence-electron chi connectivity index (χ1n) is 13.1. The Balaban J connectivity index is 0.000000177. The number of halogens is 1. The highest BCUT2D eigenvalue weighted by Gasteiger charge is 2.13. The number of nitrogens with two attached hydrogens (primary N) is 2. The van der Waals surface area contributed by atoms with Crippen LogP contribution in [-0.2, 0) is 17.8 Å². The van der Waals surface area contributed by atoms with E-state index in [1.54, 1.807) is 44.0 Å². The summed E-state index contributed by atoms with van der Waals surface area (Å²) in [5.74, 6) is 0.532. The number of benzene rings is 2. The molecule has 4 heterocycles. The van der Waals surface area contributed by atoms with Crippen LogP contribution in [0.1, 0.15) is 22.3 Å². The summed E-state index contributed by atoms with van der Waals surface area (Å²) >= 11 is 5.82. The number of aromatic nitrogens is 8. The van der Waals surface area contributed by atoms with Gasteiger partial charge in [0.2, 0.25) is 5.28 Å². The summed E-state index contributed by atoms with van der Waals surface area (Å²) in [5, 5.41) is 17.7. The second kappa shape index (κ2) is 13.4.